The summed E-state index contributed by atoms with van der Waals surface area (Å²) in [6.07, 6.45) is 4.52. The highest BCUT2D eigenvalue weighted by atomic mass is 16.5. The fourth-order valence-corrected chi connectivity index (χ4v) is 6.42. The highest BCUT2D eigenvalue weighted by molar-refractivity contribution is 5.99. The van der Waals surface area contributed by atoms with Crippen molar-refractivity contribution in [2.45, 2.75) is 78.5 Å². The molecule has 0 bridgehead atoms. The Hall–Kier alpha value is -3.42. The second-order valence-electron chi connectivity index (χ2n) is 11.8. The Morgan fingerprint density at radius 2 is 1.76 bits per heavy atom. The van der Waals surface area contributed by atoms with E-state index in [4.69, 9.17) is 4.74 Å². The Morgan fingerprint density at radius 1 is 1.05 bits per heavy atom. The van der Waals surface area contributed by atoms with Crippen molar-refractivity contribution in [3.8, 4) is 11.1 Å². The first-order valence-electron chi connectivity index (χ1n) is 15.0. The number of aromatic nitrogens is 1. The summed E-state index contributed by atoms with van der Waals surface area (Å²) >= 11 is 0. The number of hydrogen-bond acceptors (Lipinski definition) is 5. The Balaban J connectivity index is 1.47. The molecule has 1 amide bonds. The summed E-state index contributed by atoms with van der Waals surface area (Å²) in [7, 11) is 0. The van der Waals surface area contributed by atoms with E-state index in [1.807, 2.05) is 32.9 Å². The molecule has 1 aromatic heterocycles. The van der Waals surface area contributed by atoms with Crippen LogP contribution in [0.15, 0.2) is 47.3 Å². The molecule has 7 nitrogen and oxygen atoms in total. The fraction of sp³-hybridized carbons (Fsp3) is 0.471. The van der Waals surface area contributed by atoms with Crippen LogP contribution in [0.4, 0.5) is 5.69 Å². The molecule has 3 N–H and O–H groups in total. The summed E-state index contributed by atoms with van der Waals surface area (Å²) in [5.74, 6) is 0.368. The molecule has 5 rings (SSSR count). The number of ether oxygens (including phenoxy) is 1. The van der Waals surface area contributed by atoms with Crippen LogP contribution < -0.4 is 15.8 Å². The quantitative estimate of drug-likeness (QED) is 0.336. The van der Waals surface area contributed by atoms with Crippen LogP contribution in [0, 0.1) is 26.7 Å². The van der Waals surface area contributed by atoms with E-state index in [-0.39, 0.29) is 24.1 Å². The highest BCUT2D eigenvalue weighted by Gasteiger charge is 2.27. The standard InChI is InChI=1S/C34H43N3O4/c1-5-37(28-10-12-41-13-11-28)32-19-27(26-8-6-24(7-9-26)15-25-16-29(38)17-25)18-30(23(32)4)33(39)35-20-31-21(2)14-22(3)36-34(31)40/h6-9,14,18-19,25,28-29,38H,5,10-13,15-17,20H2,1-4H3,(H,35,39)(H,36,40). The fourth-order valence-electron chi connectivity index (χ4n) is 6.42. The molecule has 3 aromatic rings. The van der Waals surface area contributed by atoms with Gasteiger partial charge in [-0.05, 0) is 112 Å². The number of aliphatic hydroxyl groups is 1. The molecule has 218 valence electrons. The summed E-state index contributed by atoms with van der Waals surface area (Å²) in [6.45, 7) is 10.4. The van der Waals surface area contributed by atoms with Crippen LogP contribution in [0.25, 0.3) is 11.1 Å². The van der Waals surface area contributed by atoms with Gasteiger partial charge in [0.25, 0.3) is 11.5 Å². The van der Waals surface area contributed by atoms with Gasteiger partial charge in [-0.15, -0.1) is 0 Å². The van der Waals surface area contributed by atoms with Crippen LogP contribution in [0.1, 0.15) is 70.9 Å². The lowest BCUT2D eigenvalue weighted by molar-refractivity contribution is 0.0432. The van der Waals surface area contributed by atoms with Crippen LogP contribution in [-0.4, -0.2) is 47.9 Å². The van der Waals surface area contributed by atoms with E-state index in [0.717, 1.165) is 85.5 Å². The lowest BCUT2D eigenvalue weighted by atomic mass is 9.78. The maximum Gasteiger partial charge on any atom is 0.253 e. The van der Waals surface area contributed by atoms with Crippen LogP contribution in [0.3, 0.4) is 0 Å². The van der Waals surface area contributed by atoms with Gasteiger partial charge < -0.3 is 25.0 Å². The number of aromatic amines is 1. The number of pyridine rings is 1. The molecule has 7 heteroatoms. The van der Waals surface area contributed by atoms with Crippen molar-refractivity contribution in [2.75, 3.05) is 24.7 Å². The molecule has 2 aromatic carbocycles. The minimum absolute atomic E-state index is 0.139. The van der Waals surface area contributed by atoms with Crippen molar-refractivity contribution in [1.29, 1.82) is 0 Å². The average molecular weight is 558 g/mol. The van der Waals surface area contributed by atoms with Crippen LogP contribution in [-0.2, 0) is 17.7 Å². The van der Waals surface area contributed by atoms with Gasteiger partial charge in [-0.3, -0.25) is 9.59 Å². The van der Waals surface area contributed by atoms with Crippen LogP contribution in [0.2, 0.25) is 0 Å². The molecule has 2 fully saturated rings. The van der Waals surface area contributed by atoms with Gasteiger partial charge in [-0.1, -0.05) is 24.3 Å². The van der Waals surface area contributed by atoms with Gasteiger partial charge in [0.15, 0.2) is 0 Å². The van der Waals surface area contributed by atoms with Gasteiger partial charge in [0.2, 0.25) is 0 Å². The molecule has 2 heterocycles. The van der Waals surface area contributed by atoms with E-state index in [9.17, 15) is 14.7 Å². The van der Waals surface area contributed by atoms with Gasteiger partial charge >= 0.3 is 0 Å². The van der Waals surface area contributed by atoms with E-state index in [2.05, 4.69) is 52.5 Å². The molecule has 0 unspecified atom stereocenters. The lowest BCUT2D eigenvalue weighted by Gasteiger charge is -2.37. The van der Waals surface area contributed by atoms with Gasteiger partial charge in [-0.25, -0.2) is 0 Å². The Bertz CT molecular complexity index is 1430. The number of amides is 1. The molecule has 1 saturated heterocycles. The van der Waals surface area contributed by atoms with Crippen molar-refractivity contribution in [2.24, 2.45) is 5.92 Å². The molecule has 1 aliphatic carbocycles. The summed E-state index contributed by atoms with van der Waals surface area (Å²) in [6, 6.07) is 15.1. The number of aryl methyl sites for hydroxylation is 2. The van der Waals surface area contributed by atoms with E-state index in [1.54, 1.807) is 0 Å². The number of carbonyl (C=O) groups is 1. The third-order valence-corrected chi connectivity index (χ3v) is 8.85. The highest BCUT2D eigenvalue weighted by Crippen LogP contribution is 2.35. The van der Waals surface area contributed by atoms with Gasteiger partial charge in [0.1, 0.15) is 0 Å². The second-order valence-corrected chi connectivity index (χ2v) is 11.8. The second kappa shape index (κ2) is 12.6. The molecular weight excluding hydrogens is 514 g/mol. The SMILES string of the molecule is CCN(c1cc(-c2ccc(CC3CC(O)C3)cc2)cc(C(=O)NCc2c(C)cc(C)[nH]c2=O)c1C)C1CCOCC1. The molecule has 0 spiro atoms. The molecule has 2 aliphatic rings. The normalized spacial score (nSPS) is 19.0. The lowest BCUT2D eigenvalue weighted by Crippen LogP contribution is -2.40. The van der Waals surface area contributed by atoms with E-state index < -0.39 is 0 Å². The molecule has 41 heavy (non-hydrogen) atoms. The third kappa shape index (κ3) is 6.57. The summed E-state index contributed by atoms with van der Waals surface area (Å²) in [4.78, 5) is 31.5. The van der Waals surface area contributed by atoms with Crippen LogP contribution >= 0.6 is 0 Å². The van der Waals surface area contributed by atoms with Gasteiger partial charge in [-0.2, -0.15) is 0 Å². The predicted molar refractivity (Wildman–Crippen MR) is 164 cm³/mol. The van der Waals surface area contributed by atoms with Crippen LogP contribution in [0.5, 0.6) is 0 Å². The number of hydrogen-bond donors (Lipinski definition) is 3. The molecular formula is C34H43N3O4. The molecule has 1 saturated carbocycles. The van der Waals surface area contributed by atoms with Crippen molar-refractivity contribution in [1.82, 2.24) is 10.3 Å². The molecule has 1 aliphatic heterocycles. The van der Waals surface area contributed by atoms with Crippen molar-refractivity contribution >= 4 is 11.6 Å². The first-order valence-corrected chi connectivity index (χ1v) is 15.0. The smallest absolute Gasteiger partial charge is 0.253 e. The van der Waals surface area contributed by atoms with Crippen molar-refractivity contribution < 1.29 is 14.6 Å². The van der Waals surface area contributed by atoms with E-state index in [0.29, 0.717) is 23.1 Å². The summed E-state index contributed by atoms with van der Waals surface area (Å²) in [5, 5.41) is 12.7. The summed E-state index contributed by atoms with van der Waals surface area (Å²) < 4.78 is 5.64. The predicted octanol–water partition coefficient (Wildman–Crippen LogP) is 5.22. The zero-order chi connectivity index (χ0) is 29.1. The van der Waals surface area contributed by atoms with E-state index in [1.165, 1.54) is 5.56 Å². The number of anilines is 1. The number of carbonyl (C=O) groups excluding carboxylic acids is 1. The molecule has 0 atom stereocenters. The maximum atomic E-state index is 13.7. The minimum Gasteiger partial charge on any atom is -0.393 e. The zero-order valence-corrected chi connectivity index (χ0v) is 24.8. The van der Waals surface area contributed by atoms with Crippen molar-refractivity contribution in [3.63, 3.8) is 0 Å². The van der Waals surface area contributed by atoms with E-state index >= 15 is 0 Å². The number of nitrogens with zero attached hydrogens (tertiary/aromatic N) is 1. The Labute approximate surface area is 242 Å². The Kier molecular flexibility index (Phi) is 8.95. The molecule has 0 radical (unpaired) electrons. The number of aliphatic hydroxyl groups excluding tert-OH is 1. The first-order chi connectivity index (χ1) is 19.7. The maximum absolute atomic E-state index is 13.7. The third-order valence-electron chi connectivity index (χ3n) is 8.85. The van der Waals surface area contributed by atoms with Crippen molar-refractivity contribution in [3.05, 3.63) is 86.3 Å². The topological polar surface area (TPSA) is 94.7 Å². The van der Waals surface area contributed by atoms with Gasteiger partial charge in [0, 0.05) is 54.9 Å². The minimum atomic E-state index is -0.187. The average Bonchev–Trinajstić information content (AvgIpc) is 2.94. The zero-order valence-electron chi connectivity index (χ0n) is 24.8. The number of rotatable bonds is 9. The number of benzene rings is 2. The number of nitrogens with one attached hydrogen (secondary N) is 2. The largest absolute Gasteiger partial charge is 0.393 e. The first kappa shape index (κ1) is 29.1. The number of H-pyrrole nitrogens is 1. The van der Waals surface area contributed by atoms with Gasteiger partial charge in [0.05, 0.1) is 6.10 Å². The monoisotopic (exact) mass is 557 g/mol. The Morgan fingerprint density at radius 3 is 2.39 bits per heavy atom. The summed E-state index contributed by atoms with van der Waals surface area (Å²) in [5.41, 5.74) is 8.04.